The predicted molar refractivity (Wildman–Crippen MR) is 53.5 cm³/mol. The molecule has 2 heteroatoms. The molecule has 0 bridgehead atoms. The Hall–Kier alpha value is -0.0800. The van der Waals surface area contributed by atoms with Crippen LogP contribution in [0.25, 0.3) is 0 Å². The first-order chi connectivity index (χ1) is 6.19. The molecule has 0 aromatic carbocycles. The summed E-state index contributed by atoms with van der Waals surface area (Å²) in [6, 6.07) is 0. The number of aliphatic hydroxyl groups is 2. The maximum atomic E-state index is 9.95. The van der Waals surface area contributed by atoms with Crippen molar-refractivity contribution >= 4 is 0 Å². The molecular formula is C11H22O2. The van der Waals surface area contributed by atoms with Crippen molar-refractivity contribution in [3.8, 4) is 0 Å². The normalized spacial score (nSPS) is 35.8. The molecule has 0 spiro atoms. The summed E-state index contributed by atoms with van der Waals surface area (Å²) in [6.45, 7) is 2.42. The van der Waals surface area contributed by atoms with E-state index < -0.39 is 0 Å². The van der Waals surface area contributed by atoms with Crippen LogP contribution in [0.3, 0.4) is 0 Å². The van der Waals surface area contributed by atoms with Crippen molar-refractivity contribution in [2.75, 3.05) is 6.61 Å². The van der Waals surface area contributed by atoms with Crippen molar-refractivity contribution in [1.82, 2.24) is 0 Å². The number of hydrogen-bond acceptors (Lipinski definition) is 2. The molecule has 0 saturated heterocycles. The molecule has 0 amide bonds. The number of hydrogen-bond donors (Lipinski definition) is 2. The van der Waals surface area contributed by atoms with Crippen LogP contribution in [0.5, 0.6) is 0 Å². The van der Waals surface area contributed by atoms with E-state index in [9.17, 15) is 5.11 Å². The lowest BCUT2D eigenvalue weighted by Crippen LogP contribution is -2.31. The van der Waals surface area contributed by atoms with E-state index in [1.165, 1.54) is 12.8 Å². The molecule has 78 valence electrons. The first-order valence-corrected chi connectivity index (χ1v) is 5.48. The smallest absolute Gasteiger partial charge is 0.0593 e. The minimum Gasteiger partial charge on any atom is -0.396 e. The van der Waals surface area contributed by atoms with Crippen LogP contribution in [0.2, 0.25) is 0 Å². The van der Waals surface area contributed by atoms with Crippen LogP contribution in [-0.2, 0) is 0 Å². The SMILES string of the molecule is CC1(CCCO)CCCCCC1O. The summed E-state index contributed by atoms with van der Waals surface area (Å²) in [4.78, 5) is 0. The monoisotopic (exact) mass is 186 g/mol. The molecule has 1 aliphatic rings. The molecule has 2 atom stereocenters. The molecule has 13 heavy (non-hydrogen) atoms. The molecule has 0 heterocycles. The van der Waals surface area contributed by atoms with Gasteiger partial charge in [-0.1, -0.05) is 26.2 Å². The van der Waals surface area contributed by atoms with E-state index in [0.29, 0.717) is 0 Å². The number of aliphatic hydroxyl groups excluding tert-OH is 2. The lowest BCUT2D eigenvalue weighted by Gasteiger charge is -2.33. The Morgan fingerprint density at radius 3 is 2.77 bits per heavy atom. The van der Waals surface area contributed by atoms with Gasteiger partial charge in [0.15, 0.2) is 0 Å². The first kappa shape index (κ1) is 11.0. The maximum Gasteiger partial charge on any atom is 0.0593 e. The van der Waals surface area contributed by atoms with Crippen LogP contribution in [0.1, 0.15) is 51.9 Å². The number of rotatable bonds is 3. The fourth-order valence-electron chi connectivity index (χ4n) is 2.33. The standard InChI is InChI=1S/C11H22O2/c1-11(8-5-9-12)7-4-2-3-6-10(11)13/h10,12-13H,2-9H2,1H3. The summed E-state index contributed by atoms with van der Waals surface area (Å²) < 4.78 is 0. The van der Waals surface area contributed by atoms with Crippen LogP contribution in [0, 0.1) is 5.41 Å². The van der Waals surface area contributed by atoms with Gasteiger partial charge in [-0.2, -0.15) is 0 Å². The van der Waals surface area contributed by atoms with Crippen LogP contribution < -0.4 is 0 Å². The van der Waals surface area contributed by atoms with Gasteiger partial charge in [0.05, 0.1) is 6.10 Å². The van der Waals surface area contributed by atoms with Gasteiger partial charge in [0.1, 0.15) is 0 Å². The summed E-state index contributed by atoms with van der Waals surface area (Å²) in [5.41, 5.74) is 0.0687. The summed E-state index contributed by atoms with van der Waals surface area (Å²) >= 11 is 0. The molecule has 0 radical (unpaired) electrons. The second-order valence-electron chi connectivity index (χ2n) is 4.60. The van der Waals surface area contributed by atoms with Crippen LogP contribution in [0.4, 0.5) is 0 Å². The second kappa shape index (κ2) is 4.97. The van der Waals surface area contributed by atoms with Gasteiger partial charge in [0.2, 0.25) is 0 Å². The van der Waals surface area contributed by atoms with Gasteiger partial charge < -0.3 is 10.2 Å². The minimum absolute atomic E-state index is 0.0687. The van der Waals surface area contributed by atoms with Crippen molar-refractivity contribution in [2.24, 2.45) is 5.41 Å². The van der Waals surface area contributed by atoms with E-state index in [1.807, 2.05) is 0 Å². The highest BCUT2D eigenvalue weighted by Gasteiger charge is 2.33. The Bertz CT molecular complexity index is 147. The Balaban J connectivity index is 2.49. The van der Waals surface area contributed by atoms with E-state index in [-0.39, 0.29) is 18.1 Å². The predicted octanol–water partition coefficient (Wildman–Crippen LogP) is 2.09. The molecule has 1 rings (SSSR count). The molecule has 1 aliphatic carbocycles. The molecule has 2 unspecified atom stereocenters. The lowest BCUT2D eigenvalue weighted by atomic mass is 9.76. The van der Waals surface area contributed by atoms with Crippen LogP contribution in [0.15, 0.2) is 0 Å². The van der Waals surface area contributed by atoms with Gasteiger partial charge >= 0.3 is 0 Å². The van der Waals surface area contributed by atoms with E-state index in [4.69, 9.17) is 5.11 Å². The topological polar surface area (TPSA) is 40.5 Å². The van der Waals surface area contributed by atoms with E-state index in [2.05, 4.69) is 6.92 Å². The zero-order valence-corrected chi connectivity index (χ0v) is 8.63. The fraction of sp³-hybridized carbons (Fsp3) is 1.00. The van der Waals surface area contributed by atoms with E-state index in [0.717, 1.165) is 32.1 Å². The average molecular weight is 186 g/mol. The summed E-state index contributed by atoms with van der Waals surface area (Å²) in [5.74, 6) is 0. The largest absolute Gasteiger partial charge is 0.396 e. The van der Waals surface area contributed by atoms with Crippen molar-refractivity contribution in [3.63, 3.8) is 0 Å². The van der Waals surface area contributed by atoms with Crippen LogP contribution >= 0.6 is 0 Å². The van der Waals surface area contributed by atoms with Crippen LogP contribution in [-0.4, -0.2) is 22.9 Å². The maximum absolute atomic E-state index is 9.95. The molecule has 0 aromatic rings. The van der Waals surface area contributed by atoms with Gasteiger partial charge in [-0.05, 0) is 31.1 Å². The second-order valence-corrected chi connectivity index (χ2v) is 4.60. The fourth-order valence-corrected chi connectivity index (χ4v) is 2.33. The summed E-state index contributed by atoms with van der Waals surface area (Å²) in [6.07, 6.45) is 7.36. The van der Waals surface area contributed by atoms with Crippen molar-refractivity contribution < 1.29 is 10.2 Å². The van der Waals surface area contributed by atoms with Gasteiger partial charge in [0.25, 0.3) is 0 Å². The minimum atomic E-state index is -0.151. The third-order valence-electron chi connectivity index (χ3n) is 3.44. The van der Waals surface area contributed by atoms with Gasteiger partial charge in [-0.3, -0.25) is 0 Å². The third-order valence-corrected chi connectivity index (χ3v) is 3.44. The molecule has 2 N–H and O–H groups in total. The molecular weight excluding hydrogens is 164 g/mol. The summed E-state index contributed by atoms with van der Waals surface area (Å²) in [5, 5.41) is 18.7. The molecule has 2 nitrogen and oxygen atoms in total. The first-order valence-electron chi connectivity index (χ1n) is 5.48. The van der Waals surface area contributed by atoms with Gasteiger partial charge in [0, 0.05) is 6.61 Å². The summed E-state index contributed by atoms with van der Waals surface area (Å²) in [7, 11) is 0. The van der Waals surface area contributed by atoms with Crippen molar-refractivity contribution in [3.05, 3.63) is 0 Å². The third kappa shape index (κ3) is 2.96. The highest BCUT2D eigenvalue weighted by molar-refractivity contribution is 4.84. The van der Waals surface area contributed by atoms with E-state index >= 15 is 0 Å². The highest BCUT2D eigenvalue weighted by atomic mass is 16.3. The average Bonchev–Trinajstić information content (AvgIpc) is 2.28. The van der Waals surface area contributed by atoms with Crippen molar-refractivity contribution in [1.29, 1.82) is 0 Å². The zero-order valence-electron chi connectivity index (χ0n) is 8.63. The molecule has 0 aromatic heterocycles. The Morgan fingerprint density at radius 1 is 1.31 bits per heavy atom. The van der Waals surface area contributed by atoms with Crippen molar-refractivity contribution in [2.45, 2.75) is 58.0 Å². The van der Waals surface area contributed by atoms with Gasteiger partial charge in [-0.25, -0.2) is 0 Å². The Morgan fingerprint density at radius 2 is 2.08 bits per heavy atom. The lowest BCUT2D eigenvalue weighted by molar-refractivity contribution is 0.0205. The molecule has 1 fully saturated rings. The Kier molecular flexibility index (Phi) is 4.20. The van der Waals surface area contributed by atoms with E-state index in [1.54, 1.807) is 0 Å². The Labute approximate surface area is 81.0 Å². The molecule has 0 aliphatic heterocycles. The zero-order chi connectivity index (χ0) is 9.73. The van der Waals surface area contributed by atoms with Gasteiger partial charge in [-0.15, -0.1) is 0 Å². The highest BCUT2D eigenvalue weighted by Crippen LogP contribution is 2.38. The molecule has 1 saturated carbocycles. The quantitative estimate of drug-likeness (QED) is 0.663.